The number of nitrogens with two attached hydrogens (primary N) is 1. The number of rotatable bonds is 5. The van der Waals surface area contributed by atoms with E-state index in [4.69, 9.17) is 10.5 Å². The summed E-state index contributed by atoms with van der Waals surface area (Å²) in [6.45, 7) is 6.16. The average molecular weight is 337 g/mol. The van der Waals surface area contributed by atoms with Gasteiger partial charge in [-0.25, -0.2) is 0 Å². The lowest BCUT2D eigenvalue weighted by Crippen LogP contribution is -2.50. The lowest BCUT2D eigenvalue weighted by Gasteiger charge is -2.26. The fourth-order valence-electron chi connectivity index (χ4n) is 2.28. The van der Waals surface area contributed by atoms with Gasteiger partial charge in [-0.05, 0) is 49.2 Å². The summed E-state index contributed by atoms with van der Waals surface area (Å²) in [6.07, 6.45) is 0. The van der Waals surface area contributed by atoms with Crippen molar-refractivity contribution in [1.29, 1.82) is 0 Å². The highest BCUT2D eigenvalue weighted by Gasteiger charge is 2.23. The van der Waals surface area contributed by atoms with E-state index in [1.165, 1.54) is 0 Å². The Morgan fingerprint density at radius 3 is 2.43 bits per heavy atom. The Morgan fingerprint density at radius 2 is 1.83 bits per heavy atom. The van der Waals surface area contributed by atoms with Crippen LogP contribution in [0.15, 0.2) is 36.4 Å². The van der Waals surface area contributed by atoms with Gasteiger partial charge < -0.3 is 15.8 Å². The minimum Gasteiger partial charge on any atom is -0.497 e. The monoisotopic (exact) mass is 336 g/mol. The zero-order valence-electron chi connectivity index (χ0n) is 14.1. The highest BCUT2D eigenvalue weighted by molar-refractivity contribution is 5.88. The van der Waals surface area contributed by atoms with Gasteiger partial charge in [-0.1, -0.05) is 24.3 Å². The molecule has 0 bridgehead atoms. The highest BCUT2D eigenvalue weighted by atomic mass is 35.5. The van der Waals surface area contributed by atoms with Crippen LogP contribution in [0.5, 0.6) is 5.75 Å². The van der Waals surface area contributed by atoms with E-state index in [2.05, 4.69) is 11.4 Å². The van der Waals surface area contributed by atoms with Gasteiger partial charge in [-0.2, -0.15) is 0 Å². The zero-order valence-corrected chi connectivity index (χ0v) is 14.9. The normalized spacial score (nSPS) is 12.4. The predicted molar refractivity (Wildman–Crippen MR) is 97.4 cm³/mol. The molecule has 0 aromatic heterocycles. The number of fused-ring (bicyclic) bond motifs is 1. The summed E-state index contributed by atoms with van der Waals surface area (Å²) in [6, 6.07) is 12.0. The third-order valence-electron chi connectivity index (χ3n) is 3.94. The molecule has 3 N–H and O–H groups in total. The number of hydrogen-bond acceptors (Lipinski definition) is 3. The van der Waals surface area contributed by atoms with Crippen molar-refractivity contribution in [3.63, 3.8) is 0 Å². The molecule has 0 aliphatic rings. The van der Waals surface area contributed by atoms with Gasteiger partial charge in [0.15, 0.2) is 0 Å². The molecule has 1 amide bonds. The first-order valence-electron chi connectivity index (χ1n) is 7.46. The molecule has 1 atom stereocenters. The minimum atomic E-state index is -0.393. The number of methoxy groups -OCH3 is 1. The highest BCUT2D eigenvalue weighted by Crippen LogP contribution is 2.25. The van der Waals surface area contributed by atoms with Gasteiger partial charge in [0.05, 0.1) is 13.0 Å². The minimum absolute atomic E-state index is 0. The maximum Gasteiger partial charge on any atom is 0.227 e. The molecule has 0 fully saturated rings. The molecule has 2 rings (SSSR count). The molecule has 0 saturated carbocycles. The number of hydrogen-bond donors (Lipinski definition) is 2. The van der Waals surface area contributed by atoms with Crippen LogP contribution < -0.4 is 15.8 Å². The van der Waals surface area contributed by atoms with E-state index in [0.717, 1.165) is 22.1 Å². The van der Waals surface area contributed by atoms with Crippen molar-refractivity contribution in [2.24, 2.45) is 5.73 Å². The van der Waals surface area contributed by atoms with Crippen LogP contribution in [0.3, 0.4) is 0 Å². The maximum absolute atomic E-state index is 12.4. The number of ether oxygens (including phenoxy) is 1. The Bertz CT molecular complexity index is 686. The van der Waals surface area contributed by atoms with Crippen LogP contribution in [-0.2, 0) is 4.79 Å². The van der Waals surface area contributed by atoms with Gasteiger partial charge >= 0.3 is 0 Å². The first-order chi connectivity index (χ1) is 10.4. The lowest BCUT2D eigenvalue weighted by molar-refractivity contribution is -0.123. The Labute approximate surface area is 143 Å². The molecule has 0 saturated heterocycles. The molecule has 2 aromatic rings. The summed E-state index contributed by atoms with van der Waals surface area (Å²) >= 11 is 0. The summed E-state index contributed by atoms with van der Waals surface area (Å²) < 4.78 is 5.23. The number of halogens is 1. The molecular weight excluding hydrogens is 312 g/mol. The van der Waals surface area contributed by atoms with Crippen molar-refractivity contribution in [3.05, 3.63) is 42.0 Å². The van der Waals surface area contributed by atoms with E-state index in [0.29, 0.717) is 6.54 Å². The van der Waals surface area contributed by atoms with Crippen LogP contribution in [0.1, 0.15) is 32.3 Å². The number of amides is 1. The standard InChI is InChI=1S/C18H24N2O2.ClH/c1-12(17(21)20-18(2,3)11-19)13-5-6-15-10-16(22-4)8-7-14(15)9-13;/h5-10,12H,11,19H2,1-4H3,(H,20,21);1H. The molecule has 0 spiro atoms. The van der Waals surface area contributed by atoms with Gasteiger partial charge in [-0.3, -0.25) is 4.79 Å². The number of carbonyl (C=O) groups is 1. The Morgan fingerprint density at radius 1 is 1.22 bits per heavy atom. The van der Waals surface area contributed by atoms with Gasteiger partial charge in [0.2, 0.25) is 5.91 Å². The molecule has 5 heteroatoms. The zero-order chi connectivity index (χ0) is 16.3. The molecule has 23 heavy (non-hydrogen) atoms. The van der Waals surface area contributed by atoms with Crippen molar-refractivity contribution < 1.29 is 9.53 Å². The Hall–Kier alpha value is -1.78. The van der Waals surface area contributed by atoms with Crippen LogP contribution in [0.2, 0.25) is 0 Å². The first-order valence-corrected chi connectivity index (χ1v) is 7.46. The van der Waals surface area contributed by atoms with Crippen molar-refractivity contribution in [1.82, 2.24) is 5.32 Å². The van der Waals surface area contributed by atoms with E-state index in [1.807, 2.05) is 51.1 Å². The van der Waals surface area contributed by atoms with E-state index < -0.39 is 5.54 Å². The fraction of sp³-hybridized carbons (Fsp3) is 0.389. The largest absolute Gasteiger partial charge is 0.497 e. The van der Waals surface area contributed by atoms with Crippen LogP contribution in [0, 0.1) is 0 Å². The first kappa shape index (κ1) is 19.3. The van der Waals surface area contributed by atoms with Crippen LogP contribution in [0.25, 0.3) is 10.8 Å². The third-order valence-corrected chi connectivity index (χ3v) is 3.94. The third kappa shape index (κ3) is 4.60. The van der Waals surface area contributed by atoms with Crippen LogP contribution >= 0.6 is 12.4 Å². The summed E-state index contributed by atoms with van der Waals surface area (Å²) in [4.78, 5) is 12.4. The van der Waals surface area contributed by atoms with E-state index in [9.17, 15) is 4.79 Å². The summed E-state index contributed by atoms with van der Waals surface area (Å²) in [5.74, 6) is 0.594. The Balaban J connectivity index is 0.00000264. The topological polar surface area (TPSA) is 64.3 Å². The second kappa shape index (κ2) is 7.66. The van der Waals surface area contributed by atoms with Crippen molar-refractivity contribution in [2.75, 3.05) is 13.7 Å². The number of carbonyl (C=O) groups excluding carboxylic acids is 1. The molecule has 0 heterocycles. The molecule has 4 nitrogen and oxygen atoms in total. The fourth-order valence-corrected chi connectivity index (χ4v) is 2.28. The molecule has 1 unspecified atom stereocenters. The van der Waals surface area contributed by atoms with Gasteiger partial charge in [-0.15, -0.1) is 12.4 Å². The van der Waals surface area contributed by atoms with E-state index in [1.54, 1.807) is 7.11 Å². The maximum atomic E-state index is 12.4. The van der Waals surface area contributed by atoms with Crippen molar-refractivity contribution >= 4 is 29.1 Å². The van der Waals surface area contributed by atoms with E-state index in [-0.39, 0.29) is 24.2 Å². The van der Waals surface area contributed by atoms with Crippen LogP contribution in [-0.4, -0.2) is 25.1 Å². The second-order valence-electron chi connectivity index (χ2n) is 6.27. The summed E-state index contributed by atoms with van der Waals surface area (Å²) in [5, 5.41) is 5.18. The van der Waals surface area contributed by atoms with Crippen molar-refractivity contribution in [2.45, 2.75) is 32.2 Å². The van der Waals surface area contributed by atoms with Gasteiger partial charge in [0.25, 0.3) is 0 Å². The lowest BCUT2D eigenvalue weighted by atomic mass is 9.95. The second-order valence-corrected chi connectivity index (χ2v) is 6.27. The summed E-state index contributed by atoms with van der Waals surface area (Å²) in [7, 11) is 1.65. The molecule has 0 radical (unpaired) electrons. The van der Waals surface area contributed by atoms with Crippen LogP contribution in [0.4, 0.5) is 0 Å². The SMILES string of the molecule is COc1ccc2cc(C(C)C(=O)NC(C)(C)CN)ccc2c1.Cl. The van der Waals surface area contributed by atoms with E-state index >= 15 is 0 Å². The molecular formula is C18H25ClN2O2. The van der Waals surface area contributed by atoms with Crippen molar-refractivity contribution in [3.8, 4) is 5.75 Å². The molecule has 2 aromatic carbocycles. The summed E-state index contributed by atoms with van der Waals surface area (Å²) in [5.41, 5.74) is 6.26. The molecule has 0 aliphatic carbocycles. The van der Waals surface area contributed by atoms with Gasteiger partial charge in [0.1, 0.15) is 5.75 Å². The predicted octanol–water partition coefficient (Wildman–Crippen LogP) is 3.23. The Kier molecular flexibility index (Phi) is 6.42. The smallest absolute Gasteiger partial charge is 0.227 e. The number of nitrogens with one attached hydrogen (secondary N) is 1. The molecule has 0 aliphatic heterocycles. The van der Waals surface area contributed by atoms with Gasteiger partial charge in [0, 0.05) is 12.1 Å². The molecule has 126 valence electrons. The quantitative estimate of drug-likeness (QED) is 0.881. The number of benzene rings is 2. The average Bonchev–Trinajstić information content (AvgIpc) is 2.52.